The summed E-state index contributed by atoms with van der Waals surface area (Å²) in [6.45, 7) is 11.4. The van der Waals surface area contributed by atoms with Crippen LogP contribution in [0.15, 0.2) is 36.4 Å². The first-order valence-corrected chi connectivity index (χ1v) is 11.1. The van der Waals surface area contributed by atoms with E-state index in [4.69, 9.17) is 11.2 Å². The van der Waals surface area contributed by atoms with Crippen molar-refractivity contribution in [1.82, 2.24) is 4.90 Å². The summed E-state index contributed by atoms with van der Waals surface area (Å²) < 4.78 is 43.4. The third-order valence-corrected chi connectivity index (χ3v) is 5.60. The van der Waals surface area contributed by atoms with Gasteiger partial charge in [0.2, 0.25) is 0 Å². The molecule has 0 aromatic heterocycles. The van der Waals surface area contributed by atoms with E-state index in [0.29, 0.717) is 12.3 Å². The van der Waals surface area contributed by atoms with Gasteiger partial charge in [-0.2, -0.15) is 13.2 Å². The standard InChI is InChI=1S/C21H30F3NO2.C5H6/c1-15(2)5-4-11-25-12-10-16(14-20(26)27-3)13-19(25)17-6-8-18(9-7-17)21(22,23)24;1-4-5(2)3/h6-9,15-16,19H,4-5,10-14H2,1-3H3;1H,2H2,3H3/t16-,19?;/m1./s1. The van der Waals surface area contributed by atoms with Crippen LogP contribution in [0.5, 0.6) is 0 Å². The minimum Gasteiger partial charge on any atom is -0.469 e. The van der Waals surface area contributed by atoms with Crippen molar-refractivity contribution in [2.75, 3.05) is 20.2 Å². The summed E-state index contributed by atoms with van der Waals surface area (Å²) in [5.41, 5.74) is 1.05. The van der Waals surface area contributed by atoms with E-state index in [2.05, 4.69) is 31.2 Å². The molecule has 0 radical (unpaired) electrons. The van der Waals surface area contributed by atoms with Gasteiger partial charge in [-0.1, -0.05) is 38.5 Å². The van der Waals surface area contributed by atoms with Crippen molar-refractivity contribution in [1.29, 1.82) is 0 Å². The number of carbonyl (C=O) groups is 1. The van der Waals surface area contributed by atoms with E-state index >= 15 is 0 Å². The Morgan fingerprint density at radius 2 is 1.91 bits per heavy atom. The van der Waals surface area contributed by atoms with Crippen LogP contribution in [0.4, 0.5) is 13.2 Å². The molecular formula is C26H36F3NO2. The van der Waals surface area contributed by atoms with E-state index in [1.807, 2.05) is 0 Å². The molecule has 0 N–H and O–H groups in total. The summed E-state index contributed by atoms with van der Waals surface area (Å²) in [4.78, 5) is 14.0. The minimum atomic E-state index is -4.32. The third kappa shape index (κ3) is 9.91. The number of rotatable bonds is 7. The van der Waals surface area contributed by atoms with Gasteiger partial charge in [0, 0.05) is 12.5 Å². The van der Waals surface area contributed by atoms with Gasteiger partial charge >= 0.3 is 12.1 Å². The third-order valence-electron chi connectivity index (χ3n) is 5.60. The smallest absolute Gasteiger partial charge is 0.416 e. The summed E-state index contributed by atoms with van der Waals surface area (Å²) >= 11 is 0. The lowest BCUT2D eigenvalue weighted by Gasteiger charge is -2.40. The predicted molar refractivity (Wildman–Crippen MR) is 123 cm³/mol. The van der Waals surface area contributed by atoms with Crippen molar-refractivity contribution < 1.29 is 22.7 Å². The summed E-state index contributed by atoms with van der Waals surface area (Å²) in [5.74, 6) is 2.94. The molecule has 32 heavy (non-hydrogen) atoms. The lowest BCUT2D eigenvalue weighted by Crippen LogP contribution is -2.38. The Balaban J connectivity index is 0.000000920. The van der Waals surface area contributed by atoms with Gasteiger partial charge in [0.05, 0.1) is 12.7 Å². The van der Waals surface area contributed by atoms with Crippen LogP contribution in [0, 0.1) is 24.2 Å². The first-order chi connectivity index (χ1) is 15.0. The van der Waals surface area contributed by atoms with Gasteiger partial charge in [-0.25, -0.2) is 0 Å². The lowest BCUT2D eigenvalue weighted by molar-refractivity contribution is -0.142. The van der Waals surface area contributed by atoms with Crippen LogP contribution in [0.2, 0.25) is 0 Å². The number of benzene rings is 1. The molecule has 178 valence electrons. The number of carbonyl (C=O) groups excluding carboxylic acids is 1. The molecule has 1 unspecified atom stereocenters. The molecule has 0 aliphatic carbocycles. The molecule has 1 fully saturated rings. The largest absolute Gasteiger partial charge is 0.469 e. The van der Waals surface area contributed by atoms with Gasteiger partial charge in [0.1, 0.15) is 0 Å². The number of ether oxygens (including phenoxy) is 1. The van der Waals surface area contributed by atoms with E-state index in [-0.39, 0.29) is 17.9 Å². The second-order valence-electron chi connectivity index (χ2n) is 8.80. The van der Waals surface area contributed by atoms with Crippen LogP contribution in [0.25, 0.3) is 0 Å². The fourth-order valence-electron chi connectivity index (χ4n) is 3.80. The molecule has 2 atom stereocenters. The Morgan fingerprint density at radius 3 is 2.38 bits per heavy atom. The maximum Gasteiger partial charge on any atom is 0.416 e. The molecule has 1 aromatic carbocycles. The van der Waals surface area contributed by atoms with Gasteiger partial charge in [0.15, 0.2) is 0 Å². The van der Waals surface area contributed by atoms with Crippen LogP contribution in [0.3, 0.4) is 0 Å². The number of likely N-dealkylation sites (tertiary alicyclic amines) is 1. The average molecular weight is 452 g/mol. The number of hydrogen-bond acceptors (Lipinski definition) is 3. The second-order valence-corrected chi connectivity index (χ2v) is 8.80. The van der Waals surface area contributed by atoms with E-state index in [1.54, 1.807) is 19.1 Å². The maximum atomic E-state index is 12.9. The molecule has 0 bridgehead atoms. The van der Waals surface area contributed by atoms with Gasteiger partial charge < -0.3 is 4.74 Å². The fraction of sp³-hybridized carbons (Fsp3) is 0.577. The Hall–Kier alpha value is -2.26. The monoisotopic (exact) mass is 451 g/mol. The Kier molecular flexibility index (Phi) is 11.6. The number of halogens is 3. The Labute approximate surface area is 191 Å². The Morgan fingerprint density at radius 1 is 1.31 bits per heavy atom. The molecule has 1 aliphatic heterocycles. The SMILES string of the molecule is C#CC(=C)C.COC(=O)C[C@@H]1CCN(CCCC(C)C)C(c2ccc(C(F)(F)F)cc2)C1. The molecule has 0 spiro atoms. The Bertz CT molecular complexity index is 763. The van der Waals surface area contributed by atoms with Gasteiger partial charge in [-0.15, -0.1) is 6.42 Å². The molecular weight excluding hydrogens is 415 g/mol. The molecule has 6 heteroatoms. The highest BCUT2D eigenvalue weighted by atomic mass is 19.4. The van der Waals surface area contributed by atoms with Crippen molar-refractivity contribution in [3.05, 3.63) is 47.5 Å². The van der Waals surface area contributed by atoms with E-state index < -0.39 is 11.7 Å². The average Bonchev–Trinajstić information content (AvgIpc) is 2.74. The van der Waals surface area contributed by atoms with Crippen molar-refractivity contribution >= 4 is 5.97 Å². The number of terminal acetylenes is 1. The van der Waals surface area contributed by atoms with Crippen LogP contribution >= 0.6 is 0 Å². The molecule has 1 saturated heterocycles. The summed E-state index contributed by atoms with van der Waals surface area (Å²) in [6.07, 6.45) is 4.74. The summed E-state index contributed by atoms with van der Waals surface area (Å²) in [7, 11) is 1.39. The van der Waals surface area contributed by atoms with E-state index in [9.17, 15) is 18.0 Å². The zero-order chi connectivity index (χ0) is 24.3. The summed E-state index contributed by atoms with van der Waals surface area (Å²) in [5, 5.41) is 0. The minimum absolute atomic E-state index is 0.0443. The zero-order valence-corrected chi connectivity index (χ0v) is 19.7. The van der Waals surface area contributed by atoms with Gasteiger partial charge in [-0.3, -0.25) is 9.69 Å². The van der Waals surface area contributed by atoms with Crippen molar-refractivity contribution in [2.45, 2.75) is 65.1 Å². The number of methoxy groups -OCH3 is 1. The second kappa shape index (κ2) is 13.3. The summed E-state index contributed by atoms with van der Waals surface area (Å²) in [6, 6.07) is 5.53. The van der Waals surface area contributed by atoms with Crippen molar-refractivity contribution in [2.24, 2.45) is 11.8 Å². The van der Waals surface area contributed by atoms with Crippen LogP contribution in [0.1, 0.15) is 70.0 Å². The topological polar surface area (TPSA) is 29.5 Å². The highest BCUT2D eigenvalue weighted by molar-refractivity contribution is 5.69. The quantitative estimate of drug-likeness (QED) is 0.343. The first-order valence-electron chi connectivity index (χ1n) is 11.1. The molecule has 0 amide bonds. The fourth-order valence-corrected chi connectivity index (χ4v) is 3.80. The van der Waals surface area contributed by atoms with Crippen LogP contribution in [-0.2, 0) is 15.7 Å². The maximum absolute atomic E-state index is 12.9. The molecule has 0 saturated carbocycles. The number of piperidine rings is 1. The first kappa shape index (κ1) is 27.8. The lowest BCUT2D eigenvalue weighted by atomic mass is 9.84. The van der Waals surface area contributed by atoms with Gasteiger partial charge in [0.25, 0.3) is 0 Å². The molecule has 3 nitrogen and oxygen atoms in total. The highest BCUT2D eigenvalue weighted by Crippen LogP contribution is 2.37. The zero-order valence-electron chi connectivity index (χ0n) is 19.7. The van der Waals surface area contributed by atoms with Crippen LogP contribution in [-0.4, -0.2) is 31.1 Å². The number of allylic oxidation sites excluding steroid dienone is 1. The predicted octanol–water partition coefficient (Wildman–Crippen LogP) is 6.65. The van der Waals surface area contributed by atoms with E-state index in [1.165, 1.54) is 7.11 Å². The number of alkyl halides is 3. The molecule has 1 heterocycles. The van der Waals surface area contributed by atoms with Gasteiger partial charge in [-0.05, 0) is 80.8 Å². The molecule has 1 aromatic rings. The van der Waals surface area contributed by atoms with Crippen LogP contribution < -0.4 is 0 Å². The number of nitrogens with zero attached hydrogens (tertiary/aromatic N) is 1. The molecule has 1 aliphatic rings. The molecule has 2 rings (SSSR count). The normalized spacial score (nSPS) is 19.0. The number of hydrogen-bond donors (Lipinski definition) is 0. The van der Waals surface area contributed by atoms with Crippen molar-refractivity contribution in [3.63, 3.8) is 0 Å². The van der Waals surface area contributed by atoms with Crippen molar-refractivity contribution in [3.8, 4) is 12.3 Å². The number of esters is 1. The highest BCUT2D eigenvalue weighted by Gasteiger charge is 2.33. The van der Waals surface area contributed by atoms with E-state index in [0.717, 1.165) is 62.0 Å².